The molecular formula is C8H20FNO2. The molecule has 0 fully saturated rings. The van der Waals surface area contributed by atoms with Crippen molar-refractivity contribution in [2.45, 2.75) is 45.4 Å². The normalized spacial score (nSPS) is 8.08. The topological polar surface area (TPSA) is 72.3 Å². The van der Waals surface area contributed by atoms with Crippen LogP contribution in [0.3, 0.4) is 0 Å². The first-order valence-electron chi connectivity index (χ1n) is 3.99. The highest BCUT2D eigenvalue weighted by Crippen LogP contribution is 2.04. The third-order valence-corrected chi connectivity index (χ3v) is 1.49. The van der Waals surface area contributed by atoms with Crippen LogP contribution in [0.25, 0.3) is 0 Å². The number of unbranched alkanes of at least 4 members (excludes halogenated alkanes) is 4. The molecule has 0 spiro atoms. The number of carboxylic acids is 1. The molecule has 0 aliphatic carbocycles. The molecule has 76 valence electrons. The van der Waals surface area contributed by atoms with Crippen molar-refractivity contribution in [3.05, 3.63) is 0 Å². The van der Waals surface area contributed by atoms with E-state index < -0.39 is 5.97 Å². The summed E-state index contributed by atoms with van der Waals surface area (Å²) in [6.45, 7) is 2.15. The second kappa shape index (κ2) is 13.0. The smallest absolute Gasteiger partial charge is 0.303 e. The fraction of sp³-hybridized carbons (Fsp3) is 0.875. The number of aliphatic carboxylic acids is 1. The Balaban J connectivity index is -0.000000405. The molecule has 0 rings (SSSR count). The Morgan fingerprint density at radius 3 is 2.08 bits per heavy atom. The maximum absolute atomic E-state index is 10.0. The lowest BCUT2D eigenvalue weighted by atomic mass is 10.1. The molecule has 0 saturated heterocycles. The van der Waals surface area contributed by atoms with E-state index in [9.17, 15) is 4.79 Å². The standard InChI is InChI=1S/C8H16O2.FH.H3N/c1-2-3-4-5-6-7-8(9)10;;/h2-7H2,1H3,(H,9,10);1H;1H3. The summed E-state index contributed by atoms with van der Waals surface area (Å²) in [7, 11) is 0. The van der Waals surface area contributed by atoms with Crippen LogP contribution in [0.2, 0.25) is 0 Å². The van der Waals surface area contributed by atoms with Gasteiger partial charge in [0, 0.05) is 6.42 Å². The SMILES string of the molecule is CCCCCCCC(=O)O.F.N. The van der Waals surface area contributed by atoms with E-state index in [1.165, 1.54) is 19.3 Å². The van der Waals surface area contributed by atoms with Gasteiger partial charge < -0.3 is 11.3 Å². The lowest BCUT2D eigenvalue weighted by Gasteiger charge is -1.95. The molecule has 0 aliphatic rings. The summed E-state index contributed by atoms with van der Waals surface area (Å²) in [5.41, 5.74) is 0. The van der Waals surface area contributed by atoms with Crippen molar-refractivity contribution in [2.24, 2.45) is 0 Å². The molecular weight excluding hydrogens is 161 g/mol. The summed E-state index contributed by atoms with van der Waals surface area (Å²) in [5.74, 6) is -0.670. The minimum absolute atomic E-state index is 0. The van der Waals surface area contributed by atoms with E-state index in [0.29, 0.717) is 6.42 Å². The van der Waals surface area contributed by atoms with Crippen molar-refractivity contribution in [3.63, 3.8) is 0 Å². The Labute approximate surface area is 73.1 Å². The van der Waals surface area contributed by atoms with E-state index in [1.54, 1.807) is 0 Å². The minimum atomic E-state index is -0.670. The third kappa shape index (κ3) is 16.2. The van der Waals surface area contributed by atoms with Gasteiger partial charge in [0.05, 0.1) is 0 Å². The second-order valence-electron chi connectivity index (χ2n) is 2.56. The van der Waals surface area contributed by atoms with E-state index >= 15 is 0 Å². The summed E-state index contributed by atoms with van der Waals surface area (Å²) in [6, 6.07) is 0. The van der Waals surface area contributed by atoms with Crippen LogP contribution in [0.1, 0.15) is 45.4 Å². The zero-order valence-corrected chi connectivity index (χ0v) is 7.71. The average molecular weight is 181 g/mol. The predicted octanol–water partition coefficient (Wildman–Crippen LogP) is 2.75. The Bertz CT molecular complexity index is 99.1. The van der Waals surface area contributed by atoms with Crippen molar-refractivity contribution in [1.29, 1.82) is 0 Å². The highest BCUT2D eigenvalue weighted by molar-refractivity contribution is 5.66. The summed E-state index contributed by atoms with van der Waals surface area (Å²) in [5, 5.41) is 8.27. The monoisotopic (exact) mass is 181 g/mol. The van der Waals surface area contributed by atoms with Crippen LogP contribution in [0, 0.1) is 0 Å². The number of carboxylic acid groups (broad SMARTS) is 1. The van der Waals surface area contributed by atoms with Crippen molar-refractivity contribution in [1.82, 2.24) is 6.15 Å². The number of carbonyl (C=O) groups is 1. The van der Waals surface area contributed by atoms with Gasteiger partial charge in [-0.1, -0.05) is 32.6 Å². The highest BCUT2D eigenvalue weighted by atomic mass is 19.0. The van der Waals surface area contributed by atoms with Gasteiger partial charge in [-0.25, -0.2) is 0 Å². The van der Waals surface area contributed by atoms with Crippen molar-refractivity contribution < 1.29 is 14.6 Å². The van der Waals surface area contributed by atoms with Crippen molar-refractivity contribution >= 4 is 5.97 Å². The lowest BCUT2D eigenvalue weighted by molar-refractivity contribution is -0.137. The minimum Gasteiger partial charge on any atom is -0.481 e. The molecule has 0 aromatic heterocycles. The van der Waals surface area contributed by atoms with Gasteiger partial charge in [0.2, 0.25) is 0 Å². The van der Waals surface area contributed by atoms with Gasteiger partial charge in [-0.2, -0.15) is 0 Å². The molecule has 0 radical (unpaired) electrons. The van der Waals surface area contributed by atoms with Crippen LogP contribution in [0.5, 0.6) is 0 Å². The van der Waals surface area contributed by atoms with Crippen LogP contribution < -0.4 is 6.15 Å². The van der Waals surface area contributed by atoms with Gasteiger partial charge in [0.15, 0.2) is 0 Å². The van der Waals surface area contributed by atoms with Crippen molar-refractivity contribution in [3.8, 4) is 0 Å². The molecule has 0 bridgehead atoms. The second-order valence-corrected chi connectivity index (χ2v) is 2.56. The molecule has 0 aromatic rings. The van der Waals surface area contributed by atoms with Gasteiger partial charge in [0.25, 0.3) is 0 Å². The number of rotatable bonds is 6. The summed E-state index contributed by atoms with van der Waals surface area (Å²) >= 11 is 0. The molecule has 4 N–H and O–H groups in total. The van der Waals surface area contributed by atoms with Crippen molar-refractivity contribution in [2.75, 3.05) is 0 Å². The molecule has 3 nitrogen and oxygen atoms in total. The largest absolute Gasteiger partial charge is 0.481 e. The number of hydrogen-bond donors (Lipinski definition) is 2. The molecule has 0 heterocycles. The molecule has 0 aliphatic heterocycles. The van der Waals surface area contributed by atoms with Gasteiger partial charge in [-0.05, 0) is 6.42 Å². The summed E-state index contributed by atoms with van der Waals surface area (Å²) in [4.78, 5) is 10.0. The maximum atomic E-state index is 10.0. The third-order valence-electron chi connectivity index (χ3n) is 1.49. The van der Waals surface area contributed by atoms with Gasteiger partial charge in [0.1, 0.15) is 0 Å². The summed E-state index contributed by atoms with van der Waals surface area (Å²) < 4.78 is 0. The fourth-order valence-electron chi connectivity index (χ4n) is 0.880. The quantitative estimate of drug-likeness (QED) is 0.619. The van der Waals surface area contributed by atoms with Crippen LogP contribution in [0.15, 0.2) is 0 Å². The zero-order chi connectivity index (χ0) is 7.82. The van der Waals surface area contributed by atoms with E-state index in [-0.39, 0.29) is 10.9 Å². The van der Waals surface area contributed by atoms with Crippen LogP contribution in [0.4, 0.5) is 4.70 Å². The molecule has 12 heavy (non-hydrogen) atoms. The first-order chi connectivity index (χ1) is 4.77. The molecule has 0 aromatic carbocycles. The maximum Gasteiger partial charge on any atom is 0.303 e. The van der Waals surface area contributed by atoms with Crippen LogP contribution >= 0.6 is 0 Å². The molecule has 0 amide bonds. The Morgan fingerprint density at radius 1 is 1.17 bits per heavy atom. The first kappa shape index (κ1) is 17.4. The Morgan fingerprint density at radius 2 is 1.67 bits per heavy atom. The Kier molecular flexibility index (Phi) is 18.9. The predicted molar refractivity (Wildman–Crippen MR) is 48.5 cm³/mol. The average Bonchev–Trinajstić information content (AvgIpc) is 1.87. The van der Waals surface area contributed by atoms with E-state index in [4.69, 9.17) is 5.11 Å². The Hall–Kier alpha value is -0.640. The lowest BCUT2D eigenvalue weighted by Crippen LogP contribution is -1.93. The summed E-state index contributed by atoms with van der Waals surface area (Å²) in [6.07, 6.45) is 5.88. The van der Waals surface area contributed by atoms with Gasteiger partial charge >= 0.3 is 5.97 Å². The molecule has 0 saturated carbocycles. The van der Waals surface area contributed by atoms with Crippen LogP contribution in [-0.4, -0.2) is 11.1 Å². The first-order valence-corrected chi connectivity index (χ1v) is 3.99. The number of halogens is 1. The van der Waals surface area contributed by atoms with E-state index in [1.807, 2.05) is 0 Å². The molecule has 4 heteroatoms. The van der Waals surface area contributed by atoms with Gasteiger partial charge in [-0.3, -0.25) is 9.50 Å². The fourth-order valence-corrected chi connectivity index (χ4v) is 0.880. The van der Waals surface area contributed by atoms with Crippen LogP contribution in [-0.2, 0) is 4.79 Å². The van der Waals surface area contributed by atoms with E-state index in [2.05, 4.69) is 6.92 Å². The molecule has 0 atom stereocenters. The zero-order valence-electron chi connectivity index (χ0n) is 7.71. The van der Waals surface area contributed by atoms with Gasteiger partial charge in [-0.15, -0.1) is 0 Å². The molecule has 0 unspecified atom stereocenters. The number of hydrogen-bond acceptors (Lipinski definition) is 2. The highest BCUT2D eigenvalue weighted by Gasteiger charge is 1.94. The van der Waals surface area contributed by atoms with E-state index in [0.717, 1.165) is 12.8 Å².